The van der Waals surface area contributed by atoms with Crippen LogP contribution < -0.4 is 10.2 Å². The molecule has 0 bridgehead atoms. The van der Waals surface area contributed by atoms with Gasteiger partial charge in [-0.15, -0.1) is 0 Å². The van der Waals surface area contributed by atoms with Gasteiger partial charge in [0.1, 0.15) is 16.4 Å². The van der Waals surface area contributed by atoms with Gasteiger partial charge in [0.2, 0.25) is 5.95 Å². The van der Waals surface area contributed by atoms with Crippen molar-refractivity contribution in [2.75, 3.05) is 43.1 Å². The third-order valence-corrected chi connectivity index (χ3v) is 6.59. The Labute approximate surface area is 194 Å². The number of esters is 1. The van der Waals surface area contributed by atoms with Crippen LogP contribution >= 0.6 is 11.3 Å². The minimum atomic E-state index is -0.472. The van der Waals surface area contributed by atoms with Crippen molar-refractivity contribution in [2.24, 2.45) is 0 Å². The molecule has 0 aliphatic carbocycles. The van der Waals surface area contributed by atoms with Gasteiger partial charge in [-0.3, -0.25) is 5.32 Å². The van der Waals surface area contributed by atoms with Gasteiger partial charge in [-0.1, -0.05) is 11.3 Å². The Morgan fingerprint density at radius 3 is 2.73 bits per heavy atom. The van der Waals surface area contributed by atoms with Crippen molar-refractivity contribution in [1.29, 1.82) is 0 Å². The zero-order valence-corrected chi connectivity index (χ0v) is 19.2. The lowest BCUT2D eigenvalue weighted by Crippen LogP contribution is -2.45. The number of piperidine rings is 1. The predicted molar refractivity (Wildman–Crippen MR) is 120 cm³/mol. The van der Waals surface area contributed by atoms with Crippen LogP contribution in [0.3, 0.4) is 0 Å². The fourth-order valence-corrected chi connectivity index (χ4v) is 4.77. The van der Waals surface area contributed by atoms with Crippen molar-refractivity contribution in [3.8, 4) is 11.5 Å². The van der Waals surface area contributed by atoms with Crippen LogP contribution in [0.1, 0.15) is 35.1 Å². The van der Waals surface area contributed by atoms with Gasteiger partial charge >= 0.3 is 5.97 Å². The van der Waals surface area contributed by atoms with E-state index in [2.05, 4.69) is 25.2 Å². The van der Waals surface area contributed by atoms with Crippen molar-refractivity contribution in [3.63, 3.8) is 0 Å². The molecule has 0 atom stereocenters. The van der Waals surface area contributed by atoms with Crippen molar-refractivity contribution < 1.29 is 23.4 Å². The van der Waals surface area contributed by atoms with Crippen LogP contribution in [0.25, 0.3) is 11.5 Å². The Bertz CT molecular complexity index is 1120. The van der Waals surface area contributed by atoms with Gasteiger partial charge in [0.05, 0.1) is 31.7 Å². The summed E-state index contributed by atoms with van der Waals surface area (Å²) in [6, 6.07) is 1.87. The number of carbonyl (C=O) groups excluding carboxylic acids is 1. The first-order chi connectivity index (χ1) is 16.0. The van der Waals surface area contributed by atoms with Crippen LogP contribution in [0.4, 0.5) is 16.9 Å². The first kappa shape index (κ1) is 21.7. The molecule has 11 nitrogen and oxygen atoms in total. The summed E-state index contributed by atoms with van der Waals surface area (Å²) in [4.78, 5) is 32.5. The second-order valence-corrected chi connectivity index (χ2v) is 8.67. The molecule has 3 aromatic rings. The third kappa shape index (κ3) is 4.54. The van der Waals surface area contributed by atoms with Gasteiger partial charge in [0, 0.05) is 32.0 Å². The molecular formula is C21H24N6O5S. The standard InChI is InChI=1S/C21H24N6O5S/c1-3-29-18(28)17-13(2)23-20(33-17)26-19-24-14(15-11-22-12-30-15)10-16(25-19)27-6-4-21(5-7-27)31-8-9-32-21/h10-12H,3-9H2,1-2H3,(H,23,24,25,26). The Hall–Kier alpha value is -3.09. The molecule has 3 aromatic heterocycles. The maximum atomic E-state index is 12.2. The summed E-state index contributed by atoms with van der Waals surface area (Å²) in [5, 5.41) is 3.63. The van der Waals surface area contributed by atoms with Crippen LogP contribution in [0, 0.1) is 6.92 Å². The molecule has 2 saturated heterocycles. The number of oxazole rings is 1. The van der Waals surface area contributed by atoms with E-state index < -0.39 is 11.8 Å². The third-order valence-electron chi connectivity index (χ3n) is 5.54. The van der Waals surface area contributed by atoms with Crippen LogP contribution in [0.5, 0.6) is 0 Å². The Morgan fingerprint density at radius 1 is 1.24 bits per heavy atom. The number of aryl methyl sites for hydroxylation is 1. The van der Waals surface area contributed by atoms with Crippen LogP contribution in [-0.2, 0) is 14.2 Å². The van der Waals surface area contributed by atoms with Crippen molar-refractivity contribution in [3.05, 3.63) is 29.2 Å². The minimum Gasteiger partial charge on any atom is -0.462 e. The van der Waals surface area contributed by atoms with E-state index in [4.69, 9.17) is 23.6 Å². The lowest BCUT2D eigenvalue weighted by molar-refractivity contribution is -0.169. The van der Waals surface area contributed by atoms with Gasteiger partial charge in [-0.2, -0.15) is 4.98 Å². The first-order valence-corrected chi connectivity index (χ1v) is 11.6. The highest BCUT2D eigenvalue weighted by Crippen LogP contribution is 2.34. The van der Waals surface area contributed by atoms with Gasteiger partial charge in [-0.05, 0) is 13.8 Å². The number of carbonyl (C=O) groups is 1. The number of rotatable bonds is 6. The number of thiazole rings is 1. The molecule has 2 aliphatic rings. The highest BCUT2D eigenvalue weighted by Gasteiger charge is 2.40. The summed E-state index contributed by atoms with van der Waals surface area (Å²) in [6.45, 7) is 6.58. The molecule has 0 amide bonds. The maximum Gasteiger partial charge on any atom is 0.350 e. The summed E-state index contributed by atoms with van der Waals surface area (Å²) in [5.74, 6) is 0.749. The zero-order chi connectivity index (χ0) is 22.8. The van der Waals surface area contributed by atoms with Crippen LogP contribution in [-0.4, -0.2) is 64.6 Å². The fourth-order valence-electron chi connectivity index (χ4n) is 3.91. The highest BCUT2D eigenvalue weighted by atomic mass is 32.1. The molecule has 1 N–H and O–H groups in total. The molecule has 1 spiro atoms. The van der Waals surface area contributed by atoms with Crippen molar-refractivity contribution >= 4 is 34.2 Å². The SMILES string of the molecule is CCOC(=O)c1sc(Nc2nc(-c3cnco3)cc(N3CCC4(CC3)OCCO4)n2)nc1C. The second-order valence-electron chi connectivity index (χ2n) is 7.67. The Kier molecular flexibility index (Phi) is 5.96. The molecule has 2 fully saturated rings. The largest absolute Gasteiger partial charge is 0.462 e. The average Bonchev–Trinajstić information content (AvgIpc) is 3.57. The van der Waals surface area contributed by atoms with E-state index >= 15 is 0 Å². The monoisotopic (exact) mass is 472 g/mol. The number of nitrogens with one attached hydrogen (secondary N) is 1. The van der Waals surface area contributed by atoms with E-state index in [9.17, 15) is 4.79 Å². The summed E-state index contributed by atoms with van der Waals surface area (Å²) >= 11 is 1.20. The number of nitrogens with zero attached hydrogens (tertiary/aromatic N) is 5. The summed E-state index contributed by atoms with van der Waals surface area (Å²) in [7, 11) is 0. The van der Waals surface area contributed by atoms with Crippen LogP contribution in [0.2, 0.25) is 0 Å². The lowest BCUT2D eigenvalue weighted by atomic mass is 10.0. The average molecular weight is 473 g/mol. The lowest BCUT2D eigenvalue weighted by Gasteiger charge is -2.38. The maximum absolute atomic E-state index is 12.2. The molecule has 0 saturated carbocycles. The van der Waals surface area contributed by atoms with Crippen molar-refractivity contribution in [2.45, 2.75) is 32.5 Å². The number of aromatic nitrogens is 4. The second kappa shape index (κ2) is 9.04. The molecule has 174 valence electrons. The smallest absolute Gasteiger partial charge is 0.350 e. The number of anilines is 3. The van der Waals surface area contributed by atoms with E-state index in [-0.39, 0.29) is 0 Å². The molecule has 33 heavy (non-hydrogen) atoms. The van der Waals surface area contributed by atoms with Gasteiger partial charge in [0.25, 0.3) is 0 Å². The fraction of sp³-hybridized carbons (Fsp3) is 0.476. The highest BCUT2D eigenvalue weighted by molar-refractivity contribution is 7.17. The Morgan fingerprint density at radius 2 is 2.03 bits per heavy atom. The number of hydrogen-bond donors (Lipinski definition) is 1. The zero-order valence-electron chi connectivity index (χ0n) is 18.4. The number of ether oxygens (including phenoxy) is 3. The minimum absolute atomic E-state index is 0.303. The summed E-state index contributed by atoms with van der Waals surface area (Å²) in [6.07, 6.45) is 4.48. The normalized spacial score (nSPS) is 17.5. The van der Waals surface area contributed by atoms with E-state index in [1.807, 2.05) is 6.07 Å². The molecule has 0 aromatic carbocycles. The van der Waals surface area contributed by atoms with E-state index in [1.165, 1.54) is 17.7 Å². The summed E-state index contributed by atoms with van der Waals surface area (Å²) in [5.41, 5.74) is 1.18. The molecule has 2 aliphatic heterocycles. The topological polar surface area (TPSA) is 125 Å². The number of hydrogen-bond acceptors (Lipinski definition) is 12. The van der Waals surface area contributed by atoms with Crippen molar-refractivity contribution in [1.82, 2.24) is 19.9 Å². The van der Waals surface area contributed by atoms with Crippen LogP contribution in [0.15, 0.2) is 23.1 Å². The molecule has 5 rings (SSSR count). The molecule has 5 heterocycles. The predicted octanol–water partition coefficient (Wildman–Crippen LogP) is 3.16. The first-order valence-electron chi connectivity index (χ1n) is 10.8. The van der Waals surface area contributed by atoms with E-state index in [0.717, 1.165) is 31.7 Å². The summed E-state index contributed by atoms with van der Waals surface area (Å²) < 4.78 is 22.2. The molecule has 12 heteroatoms. The molecule has 0 unspecified atom stereocenters. The van der Waals surface area contributed by atoms with Gasteiger partial charge < -0.3 is 23.5 Å². The Balaban J connectivity index is 1.41. The molecule has 0 radical (unpaired) electrons. The molecular weight excluding hydrogens is 448 g/mol. The quantitative estimate of drug-likeness (QED) is 0.532. The van der Waals surface area contributed by atoms with Gasteiger partial charge in [0.15, 0.2) is 23.1 Å². The van der Waals surface area contributed by atoms with E-state index in [1.54, 1.807) is 20.0 Å². The van der Waals surface area contributed by atoms with Gasteiger partial charge in [-0.25, -0.2) is 19.7 Å². The van der Waals surface area contributed by atoms with E-state index in [0.29, 0.717) is 52.9 Å².